The fourth-order valence-electron chi connectivity index (χ4n) is 9.58. The molecule has 0 saturated carbocycles. The van der Waals surface area contributed by atoms with Crippen LogP contribution in [0.25, 0.3) is 55.2 Å². The van der Waals surface area contributed by atoms with E-state index >= 15 is 0 Å². The third-order valence-corrected chi connectivity index (χ3v) is 15.8. The molecule has 83 heavy (non-hydrogen) atoms. The van der Waals surface area contributed by atoms with Crippen molar-refractivity contribution in [1.82, 2.24) is 73.5 Å². The minimum atomic E-state index is -0.314. The van der Waals surface area contributed by atoms with E-state index in [1.54, 1.807) is 89.6 Å². The number of fused-ring (bicyclic) bond motifs is 6. The number of halogens is 3. The van der Waals surface area contributed by atoms with Crippen molar-refractivity contribution in [2.75, 3.05) is 80.2 Å². The van der Waals surface area contributed by atoms with E-state index in [1.807, 2.05) is 11.8 Å². The van der Waals surface area contributed by atoms with Crippen molar-refractivity contribution in [2.45, 2.75) is 71.9 Å². The SMILES string of the molecule is C1CCNCC1.CCCn1c(=O)sc2c1nc(N)n1nc(-c3ccco3)nc21.Cc1ccncc1F.Fc1cnccc1N1CCCCC1.Nc1nc2c(sc(=O)n2CCN2CCN(c3ccncc3F)CC2)c2nc(-c3ccco3)nn12. The molecule has 434 valence electrons. The average molecular weight is 1170 g/mol. The molecule has 0 unspecified atom stereocenters. The molecule has 11 aromatic rings. The summed E-state index contributed by atoms with van der Waals surface area (Å²) in [5, 5.41) is 12.0. The molecule has 11 aromatic heterocycles. The van der Waals surface area contributed by atoms with Crippen LogP contribution < -0.4 is 36.3 Å². The Balaban J connectivity index is 0.000000133. The molecule has 14 rings (SSSR count). The number of piperidine rings is 2. The van der Waals surface area contributed by atoms with Gasteiger partial charge in [-0.1, -0.05) is 36.0 Å². The van der Waals surface area contributed by atoms with Crippen molar-refractivity contribution in [3.05, 3.63) is 135 Å². The number of aryl methyl sites for hydroxylation is 2. The minimum Gasteiger partial charge on any atom is -0.461 e. The molecule has 14 heterocycles. The van der Waals surface area contributed by atoms with E-state index in [-0.39, 0.29) is 39.1 Å². The normalized spacial score (nSPS) is 14.6. The Morgan fingerprint density at radius 1 is 0.566 bits per heavy atom. The first-order valence-corrected chi connectivity index (χ1v) is 29.0. The fraction of sp³-hybridized carbons (Fsp3) is 0.364. The van der Waals surface area contributed by atoms with E-state index in [0.29, 0.717) is 105 Å². The lowest BCUT2D eigenvalue weighted by Crippen LogP contribution is -2.47. The lowest BCUT2D eigenvalue weighted by Gasteiger charge is -2.36. The number of hydrogen-bond donors (Lipinski definition) is 3. The van der Waals surface area contributed by atoms with Crippen LogP contribution in [0.2, 0.25) is 0 Å². The summed E-state index contributed by atoms with van der Waals surface area (Å²) in [6, 6.07) is 12.1. The first kappa shape index (κ1) is 57.6. The molecule has 3 aliphatic rings. The molecule has 0 aliphatic carbocycles. The Labute approximate surface area is 481 Å². The highest BCUT2D eigenvalue weighted by atomic mass is 32.1. The maximum atomic E-state index is 14.0. The molecule has 0 radical (unpaired) electrons. The van der Waals surface area contributed by atoms with Gasteiger partial charge in [0, 0.05) is 77.5 Å². The zero-order valence-corrected chi connectivity index (χ0v) is 47.4. The van der Waals surface area contributed by atoms with E-state index in [1.165, 1.54) is 79.2 Å². The van der Waals surface area contributed by atoms with Gasteiger partial charge in [-0.2, -0.15) is 19.0 Å². The highest BCUT2D eigenvalue weighted by Crippen LogP contribution is 2.28. The van der Waals surface area contributed by atoms with Crippen molar-refractivity contribution in [3.63, 3.8) is 0 Å². The van der Waals surface area contributed by atoms with Gasteiger partial charge in [0.05, 0.1) is 42.5 Å². The Morgan fingerprint density at radius 2 is 1.05 bits per heavy atom. The van der Waals surface area contributed by atoms with Gasteiger partial charge in [0.25, 0.3) is 0 Å². The number of aromatic nitrogens is 13. The van der Waals surface area contributed by atoms with Gasteiger partial charge in [0.15, 0.2) is 45.7 Å². The van der Waals surface area contributed by atoms with Crippen LogP contribution in [0.5, 0.6) is 0 Å². The van der Waals surface area contributed by atoms with Gasteiger partial charge in [0.1, 0.15) is 15.2 Å². The summed E-state index contributed by atoms with van der Waals surface area (Å²) < 4.78 is 57.7. The van der Waals surface area contributed by atoms with Gasteiger partial charge < -0.3 is 35.4 Å². The second-order valence-corrected chi connectivity index (χ2v) is 21.5. The Bertz CT molecular complexity index is 3980. The van der Waals surface area contributed by atoms with Crippen LogP contribution in [0.3, 0.4) is 0 Å². The third-order valence-electron chi connectivity index (χ3n) is 13.9. The highest BCUT2D eigenvalue weighted by Gasteiger charge is 2.24. The predicted octanol–water partition coefficient (Wildman–Crippen LogP) is 7.95. The summed E-state index contributed by atoms with van der Waals surface area (Å²) in [6.45, 7) is 12.8. The van der Waals surface area contributed by atoms with Crippen LogP contribution in [-0.2, 0) is 13.1 Å². The number of pyridine rings is 3. The van der Waals surface area contributed by atoms with Gasteiger partial charge in [-0.05, 0) is 107 Å². The van der Waals surface area contributed by atoms with Gasteiger partial charge in [-0.3, -0.25) is 38.6 Å². The maximum absolute atomic E-state index is 14.0. The quantitative estimate of drug-likeness (QED) is 0.124. The van der Waals surface area contributed by atoms with Crippen molar-refractivity contribution in [2.24, 2.45) is 0 Å². The second-order valence-electron chi connectivity index (χ2n) is 19.5. The van der Waals surface area contributed by atoms with Gasteiger partial charge in [-0.15, -0.1) is 10.2 Å². The Hall–Kier alpha value is -8.60. The second kappa shape index (κ2) is 27.0. The van der Waals surface area contributed by atoms with Crippen LogP contribution in [0.1, 0.15) is 57.4 Å². The average Bonchev–Trinajstić information content (AvgIpc) is 4.57. The summed E-state index contributed by atoms with van der Waals surface area (Å²) in [5.41, 5.74) is 16.1. The van der Waals surface area contributed by atoms with E-state index in [2.05, 4.69) is 60.2 Å². The summed E-state index contributed by atoms with van der Waals surface area (Å²) in [6.07, 6.45) is 20.3. The molecule has 5 N–H and O–H groups in total. The summed E-state index contributed by atoms with van der Waals surface area (Å²) in [7, 11) is 0. The summed E-state index contributed by atoms with van der Waals surface area (Å²) >= 11 is 2.18. The summed E-state index contributed by atoms with van der Waals surface area (Å²) in [5.74, 6) is 1.41. The highest BCUT2D eigenvalue weighted by molar-refractivity contribution is 7.17. The predicted molar refractivity (Wildman–Crippen MR) is 314 cm³/mol. The van der Waals surface area contributed by atoms with Crippen LogP contribution in [0.15, 0.2) is 111 Å². The number of nitrogens with one attached hydrogen (secondary N) is 1. The van der Waals surface area contributed by atoms with Gasteiger partial charge in [-0.25, -0.2) is 23.1 Å². The Morgan fingerprint density at radius 3 is 1.47 bits per heavy atom. The Kier molecular flexibility index (Phi) is 18.7. The topological polar surface area (TPSA) is 269 Å². The number of piperazine rings is 1. The summed E-state index contributed by atoms with van der Waals surface area (Å²) in [4.78, 5) is 60.0. The van der Waals surface area contributed by atoms with E-state index in [4.69, 9.17) is 20.3 Å². The van der Waals surface area contributed by atoms with E-state index < -0.39 is 0 Å². The molecule has 0 bridgehead atoms. The van der Waals surface area contributed by atoms with Gasteiger partial charge >= 0.3 is 9.75 Å². The zero-order valence-electron chi connectivity index (χ0n) is 45.8. The van der Waals surface area contributed by atoms with Crippen LogP contribution in [-0.4, -0.2) is 127 Å². The maximum Gasteiger partial charge on any atom is 0.309 e. The molecule has 0 aromatic carbocycles. The largest absolute Gasteiger partial charge is 0.461 e. The number of thiazole rings is 2. The van der Waals surface area contributed by atoms with Crippen LogP contribution >= 0.6 is 22.7 Å². The van der Waals surface area contributed by atoms with Crippen LogP contribution in [0.4, 0.5) is 36.4 Å². The number of nitrogens with zero attached hydrogens (tertiary/aromatic N) is 16. The minimum absolute atomic E-state index is 0.0700. The van der Waals surface area contributed by atoms with Crippen molar-refractivity contribution in [3.8, 4) is 23.2 Å². The first-order valence-electron chi connectivity index (χ1n) is 27.3. The number of hydrogen-bond acceptors (Lipinski definition) is 21. The van der Waals surface area contributed by atoms with Crippen LogP contribution in [0, 0.1) is 24.4 Å². The van der Waals surface area contributed by atoms with Crippen molar-refractivity contribution >= 4 is 77.9 Å². The van der Waals surface area contributed by atoms with Crippen molar-refractivity contribution in [1.29, 1.82) is 0 Å². The molecule has 23 nitrogen and oxygen atoms in total. The molecule has 28 heteroatoms. The van der Waals surface area contributed by atoms with E-state index in [9.17, 15) is 22.8 Å². The molecule has 0 spiro atoms. The van der Waals surface area contributed by atoms with Gasteiger partial charge in [0.2, 0.25) is 23.5 Å². The zero-order chi connectivity index (χ0) is 57.8. The third kappa shape index (κ3) is 13.5. The lowest BCUT2D eigenvalue weighted by atomic mass is 10.1. The molecule has 3 saturated heterocycles. The molecular formula is C55H62F3N19O4S2. The molecule has 0 atom stereocenters. The standard InChI is InChI=1S/C21H20FN9O2S.C13H12N6O2S.C10H13FN2.C6H6FN.C5H11N/c22-13-12-24-4-3-14(13)29-8-5-28(6-9-29)7-10-30-18-16(34-21(30)32)19-25-17(15-2-1-11-33-15)27-31(19)20(23)26-18;1-2-5-18-10-8(22-13(18)20)11-15-9(7-4-3-6-21-7)17-19(11)12(14)16-10;11-9-8-12-5-4-10(9)13-6-2-1-3-7-13;1-5-2-3-8-4-6(5)7;1-2-4-6-5-3-1/h1-4,11-12H,5-10H2,(H2,23,26);3-4,6H,2,5H2,1H3,(H2,14,16);4-5,8H,1-3,6-7H2;2-4H,1H3;6H,1-5H2. The lowest BCUT2D eigenvalue weighted by molar-refractivity contribution is 0.248. The molecule has 0 amide bonds. The molecule has 3 aliphatic heterocycles. The van der Waals surface area contributed by atoms with E-state index in [0.717, 1.165) is 55.3 Å². The first-order chi connectivity index (χ1) is 40.4. The number of rotatable bonds is 9. The fourth-order valence-corrected chi connectivity index (χ4v) is 11.4. The molecular weight excluding hydrogens is 1110 g/mol. The smallest absolute Gasteiger partial charge is 0.309 e. The monoisotopic (exact) mass is 1170 g/mol. The number of furan rings is 2. The van der Waals surface area contributed by atoms with Crippen molar-refractivity contribution < 1.29 is 22.0 Å². The number of nitrogen functional groups attached to an aromatic ring is 2. The number of nitrogens with two attached hydrogens (primary N) is 2. The number of anilines is 4. The molecule has 3 fully saturated rings.